The number of carbonyl (C=O) groups excluding carboxylic acids is 2. The second-order valence-corrected chi connectivity index (χ2v) is 14.0. The van der Waals surface area contributed by atoms with Gasteiger partial charge in [0.2, 0.25) is 0 Å². The number of nitrogens with zero attached hydrogens (tertiary/aromatic N) is 4. The zero-order chi connectivity index (χ0) is 30.2. The monoisotopic (exact) mass is 608 g/mol. The Bertz CT molecular complexity index is 1570. The Morgan fingerprint density at radius 1 is 0.952 bits per heavy atom. The summed E-state index contributed by atoms with van der Waals surface area (Å²) in [5.74, 6) is 0.749. The lowest BCUT2D eigenvalue weighted by molar-refractivity contribution is 0.0772. The average molecular weight is 609 g/mol. The lowest BCUT2D eigenvalue weighted by Gasteiger charge is -2.26. The first-order chi connectivity index (χ1) is 19.9. The molecular formula is C32H37ClN4O4S. The summed E-state index contributed by atoms with van der Waals surface area (Å²) in [6, 6.07) is 13.5. The predicted octanol–water partition coefficient (Wildman–Crippen LogP) is 4.80. The van der Waals surface area contributed by atoms with Crippen LogP contribution in [0.1, 0.15) is 44.0 Å². The Labute approximate surface area is 253 Å². The summed E-state index contributed by atoms with van der Waals surface area (Å²) in [4.78, 5) is 37.5. The fraction of sp³-hybridized carbons (Fsp3) is 0.406. The van der Waals surface area contributed by atoms with Crippen LogP contribution in [0.2, 0.25) is 5.02 Å². The molecule has 2 aromatic carbocycles. The normalized spacial score (nSPS) is 18.7. The van der Waals surface area contributed by atoms with Crippen molar-refractivity contribution in [3.63, 3.8) is 0 Å². The first-order valence-electron chi connectivity index (χ1n) is 14.2. The van der Waals surface area contributed by atoms with Gasteiger partial charge in [-0.3, -0.25) is 14.6 Å². The number of likely N-dealkylation sites (tertiary alicyclic amines) is 2. The number of amides is 2. The first kappa shape index (κ1) is 30.2. The van der Waals surface area contributed by atoms with E-state index in [-0.39, 0.29) is 16.7 Å². The number of hydrogen-bond donors (Lipinski definition) is 0. The van der Waals surface area contributed by atoms with Gasteiger partial charge in [-0.15, -0.1) is 0 Å². The van der Waals surface area contributed by atoms with Gasteiger partial charge in [-0.1, -0.05) is 17.7 Å². The van der Waals surface area contributed by atoms with E-state index in [9.17, 15) is 18.0 Å². The number of aromatic nitrogens is 1. The summed E-state index contributed by atoms with van der Waals surface area (Å²) in [5.41, 5.74) is 4.51. The minimum absolute atomic E-state index is 0.0783. The maximum atomic E-state index is 13.6. The smallest absolute Gasteiger partial charge is 0.258 e. The molecular weight excluding hydrogens is 572 g/mol. The number of sulfone groups is 1. The van der Waals surface area contributed by atoms with Gasteiger partial charge in [0.25, 0.3) is 11.8 Å². The number of aryl methyl sites for hydroxylation is 3. The molecule has 5 rings (SSSR count). The van der Waals surface area contributed by atoms with Crippen LogP contribution in [0.5, 0.6) is 0 Å². The van der Waals surface area contributed by atoms with E-state index < -0.39 is 9.84 Å². The van der Waals surface area contributed by atoms with Crippen LogP contribution in [0.25, 0.3) is 0 Å². The maximum Gasteiger partial charge on any atom is 0.258 e. The highest BCUT2D eigenvalue weighted by molar-refractivity contribution is 7.90. The van der Waals surface area contributed by atoms with Crippen LogP contribution in [-0.2, 0) is 9.84 Å². The molecule has 42 heavy (non-hydrogen) atoms. The van der Waals surface area contributed by atoms with E-state index in [2.05, 4.69) is 9.88 Å². The molecule has 2 saturated heterocycles. The van der Waals surface area contributed by atoms with Gasteiger partial charge in [0, 0.05) is 61.4 Å². The van der Waals surface area contributed by atoms with Crippen molar-refractivity contribution in [3.05, 3.63) is 87.7 Å². The van der Waals surface area contributed by atoms with Crippen LogP contribution in [0.15, 0.2) is 59.6 Å². The molecule has 10 heteroatoms. The molecule has 3 heterocycles. The number of benzene rings is 2. The van der Waals surface area contributed by atoms with Crippen molar-refractivity contribution < 1.29 is 18.0 Å². The molecule has 1 aromatic heterocycles. The van der Waals surface area contributed by atoms with Crippen LogP contribution in [0, 0.1) is 32.6 Å². The van der Waals surface area contributed by atoms with Crippen molar-refractivity contribution in [1.29, 1.82) is 0 Å². The number of rotatable bonds is 8. The topological polar surface area (TPSA) is 90.9 Å². The summed E-state index contributed by atoms with van der Waals surface area (Å²) < 4.78 is 23.8. The highest BCUT2D eigenvalue weighted by Gasteiger charge is 2.42. The Kier molecular flexibility index (Phi) is 8.73. The first-order valence-corrected chi connectivity index (χ1v) is 16.5. The van der Waals surface area contributed by atoms with E-state index in [1.165, 1.54) is 12.1 Å². The molecule has 2 unspecified atom stereocenters. The third kappa shape index (κ3) is 6.38. The van der Waals surface area contributed by atoms with Gasteiger partial charge in [0.05, 0.1) is 16.2 Å². The zero-order valence-corrected chi connectivity index (χ0v) is 26.1. The summed E-state index contributed by atoms with van der Waals surface area (Å²) in [5, 5.41) is 0.584. The standard InChI is InChI=1S/C32H37ClN4O4S/c1-21-6-9-27(16-29(21)33)37(31(38)24-7-10-28(11-8-24)42(4,40)41)15-5-14-35-17-25-19-36(20-26(25)18-35)32(39)30-22(2)12-13-34-23(30)3/h6-13,16,25-26H,5,14-15,17-20H2,1-4H3. The molecule has 2 aliphatic rings. The van der Waals surface area contributed by atoms with Crippen molar-refractivity contribution in [2.24, 2.45) is 11.8 Å². The lowest BCUT2D eigenvalue weighted by Crippen LogP contribution is -2.36. The van der Waals surface area contributed by atoms with Crippen LogP contribution in [-0.4, -0.2) is 80.5 Å². The lowest BCUT2D eigenvalue weighted by atomic mass is 10.0. The molecule has 0 spiro atoms. The molecule has 0 N–H and O–H groups in total. The van der Waals surface area contributed by atoms with E-state index in [0.29, 0.717) is 34.7 Å². The van der Waals surface area contributed by atoms with Gasteiger partial charge in [0.15, 0.2) is 9.84 Å². The summed E-state index contributed by atoms with van der Waals surface area (Å²) >= 11 is 6.42. The predicted molar refractivity (Wildman–Crippen MR) is 165 cm³/mol. The number of hydrogen-bond acceptors (Lipinski definition) is 6. The van der Waals surface area contributed by atoms with Crippen LogP contribution in [0.3, 0.4) is 0 Å². The van der Waals surface area contributed by atoms with Crippen LogP contribution < -0.4 is 4.90 Å². The van der Waals surface area contributed by atoms with E-state index in [0.717, 1.165) is 67.8 Å². The van der Waals surface area contributed by atoms with E-state index in [1.807, 2.05) is 43.9 Å². The molecule has 0 radical (unpaired) electrons. The Morgan fingerprint density at radius 2 is 1.62 bits per heavy atom. The minimum Gasteiger partial charge on any atom is -0.338 e. The maximum absolute atomic E-state index is 13.6. The number of fused-ring (bicyclic) bond motifs is 1. The van der Waals surface area contributed by atoms with Gasteiger partial charge < -0.3 is 14.7 Å². The Morgan fingerprint density at radius 3 is 2.21 bits per heavy atom. The molecule has 2 amide bonds. The fourth-order valence-corrected chi connectivity index (χ4v) is 6.97. The van der Waals surface area contributed by atoms with Crippen LogP contribution >= 0.6 is 11.6 Å². The molecule has 8 nitrogen and oxygen atoms in total. The molecule has 0 bridgehead atoms. The zero-order valence-electron chi connectivity index (χ0n) is 24.5. The molecule has 222 valence electrons. The number of anilines is 1. The minimum atomic E-state index is -3.36. The second kappa shape index (κ2) is 12.1. The molecule has 0 aliphatic carbocycles. The van der Waals surface area contributed by atoms with Crippen molar-refractivity contribution in [2.75, 3.05) is 50.4 Å². The fourth-order valence-electron chi connectivity index (χ4n) is 6.16. The SMILES string of the molecule is Cc1ccc(N(CCCN2CC3CN(C(=O)c4c(C)ccnc4C)CC3C2)C(=O)c2ccc(S(C)(=O)=O)cc2)cc1Cl. The molecule has 3 aromatic rings. The van der Waals surface area contributed by atoms with Crippen LogP contribution in [0.4, 0.5) is 5.69 Å². The molecule has 0 saturated carbocycles. The van der Waals surface area contributed by atoms with Crippen molar-refractivity contribution in [3.8, 4) is 0 Å². The van der Waals surface area contributed by atoms with Gasteiger partial charge in [-0.05, 0) is 99.2 Å². The van der Waals surface area contributed by atoms with E-state index in [4.69, 9.17) is 11.6 Å². The largest absolute Gasteiger partial charge is 0.338 e. The van der Waals surface area contributed by atoms with E-state index in [1.54, 1.807) is 29.3 Å². The van der Waals surface area contributed by atoms with Gasteiger partial charge in [-0.2, -0.15) is 0 Å². The van der Waals surface area contributed by atoms with Crippen molar-refractivity contribution in [1.82, 2.24) is 14.8 Å². The summed E-state index contributed by atoms with van der Waals surface area (Å²) in [7, 11) is -3.36. The molecule has 2 fully saturated rings. The summed E-state index contributed by atoms with van der Waals surface area (Å²) in [6.45, 7) is 10.5. The quantitative estimate of drug-likeness (QED) is 0.365. The van der Waals surface area contributed by atoms with Gasteiger partial charge >= 0.3 is 0 Å². The van der Waals surface area contributed by atoms with Gasteiger partial charge in [-0.25, -0.2) is 8.42 Å². The third-order valence-corrected chi connectivity index (χ3v) is 10.0. The number of pyridine rings is 1. The van der Waals surface area contributed by atoms with Gasteiger partial charge in [0.1, 0.15) is 0 Å². The molecule has 2 atom stereocenters. The Balaban J connectivity index is 1.22. The highest BCUT2D eigenvalue weighted by Crippen LogP contribution is 2.33. The average Bonchev–Trinajstić information content (AvgIpc) is 3.51. The third-order valence-electron chi connectivity index (χ3n) is 8.51. The summed E-state index contributed by atoms with van der Waals surface area (Å²) in [6.07, 6.45) is 3.65. The van der Waals surface area contributed by atoms with E-state index >= 15 is 0 Å². The van der Waals surface area contributed by atoms with Crippen molar-refractivity contribution >= 4 is 38.9 Å². The Hall–Kier alpha value is -3.27. The number of halogens is 1. The molecule has 2 aliphatic heterocycles. The number of carbonyl (C=O) groups is 2. The highest BCUT2D eigenvalue weighted by atomic mass is 35.5. The second-order valence-electron chi connectivity index (χ2n) is 11.6. The van der Waals surface area contributed by atoms with Crippen molar-refractivity contribution in [2.45, 2.75) is 32.1 Å².